The van der Waals surface area contributed by atoms with Crippen molar-refractivity contribution in [3.63, 3.8) is 0 Å². The van der Waals surface area contributed by atoms with E-state index in [0.29, 0.717) is 6.04 Å². The van der Waals surface area contributed by atoms with Gasteiger partial charge in [0, 0.05) is 19.1 Å². The largest absolute Gasteiger partial charge is 0.392 e. The maximum atomic E-state index is 9.11. The predicted octanol–water partition coefficient (Wildman–Crippen LogP) is -0.0452. The first-order valence-corrected chi connectivity index (χ1v) is 4.39. The zero-order chi connectivity index (χ0) is 8.69. The van der Waals surface area contributed by atoms with Crippen LogP contribution in [0.5, 0.6) is 0 Å². The van der Waals surface area contributed by atoms with Crippen molar-refractivity contribution in [3.8, 4) is 0 Å². The minimum absolute atomic E-state index is 0.156. The fourth-order valence-corrected chi connectivity index (χ4v) is 1.14. The molecule has 0 amide bonds. The molecule has 0 spiro atoms. The molecule has 1 aliphatic heterocycles. The van der Waals surface area contributed by atoms with Gasteiger partial charge in [-0.15, -0.1) is 0 Å². The summed E-state index contributed by atoms with van der Waals surface area (Å²) in [6.45, 7) is 5.73. The van der Waals surface area contributed by atoms with E-state index in [2.05, 4.69) is 10.6 Å². The van der Waals surface area contributed by atoms with Crippen molar-refractivity contribution in [1.82, 2.24) is 10.6 Å². The molecule has 1 aliphatic rings. The molecule has 1 fully saturated rings. The van der Waals surface area contributed by atoms with Gasteiger partial charge in [0.25, 0.3) is 0 Å². The van der Waals surface area contributed by atoms with E-state index in [1.165, 1.54) is 0 Å². The van der Waals surface area contributed by atoms with Crippen molar-refractivity contribution < 1.29 is 5.11 Å². The minimum atomic E-state index is -0.156. The molecular weight excluding hydrogens is 140 g/mol. The molecule has 3 N–H and O–H groups in total. The molecule has 0 bridgehead atoms. The Kier molecular flexibility index (Phi) is 6.51. The average Bonchev–Trinajstić information content (AvgIpc) is 2.08. The highest BCUT2D eigenvalue weighted by Gasteiger charge is 2.16. The number of nitrogens with one attached hydrogen (secondary N) is 2. The first kappa shape index (κ1) is 10.9. The number of hydrogen-bond acceptors (Lipinski definition) is 3. The van der Waals surface area contributed by atoms with Gasteiger partial charge in [-0.25, -0.2) is 0 Å². The fourth-order valence-electron chi connectivity index (χ4n) is 1.14. The topological polar surface area (TPSA) is 44.3 Å². The molecule has 0 radical (unpaired) electrons. The highest BCUT2D eigenvalue weighted by molar-refractivity contribution is 4.78. The molecule has 0 aromatic rings. The summed E-state index contributed by atoms with van der Waals surface area (Å²) < 4.78 is 0. The van der Waals surface area contributed by atoms with Gasteiger partial charge in [0.15, 0.2) is 0 Å². The number of hydrogen-bond donors (Lipinski definition) is 3. The van der Waals surface area contributed by atoms with E-state index < -0.39 is 0 Å². The first-order chi connectivity index (χ1) is 5.33. The Labute approximate surface area is 69.2 Å². The molecule has 3 heteroatoms. The summed E-state index contributed by atoms with van der Waals surface area (Å²) in [4.78, 5) is 0. The van der Waals surface area contributed by atoms with E-state index in [1.807, 2.05) is 20.9 Å². The van der Waals surface area contributed by atoms with Gasteiger partial charge >= 0.3 is 0 Å². The summed E-state index contributed by atoms with van der Waals surface area (Å²) in [5, 5.41) is 15.3. The van der Waals surface area contributed by atoms with Gasteiger partial charge in [0.2, 0.25) is 0 Å². The zero-order valence-corrected chi connectivity index (χ0v) is 7.72. The second-order valence-electron chi connectivity index (χ2n) is 2.53. The van der Waals surface area contributed by atoms with Gasteiger partial charge < -0.3 is 15.7 Å². The molecule has 0 aromatic carbocycles. The van der Waals surface area contributed by atoms with Gasteiger partial charge in [0.05, 0.1) is 6.10 Å². The Morgan fingerprint density at radius 2 is 2.00 bits per heavy atom. The van der Waals surface area contributed by atoms with Gasteiger partial charge in [-0.3, -0.25) is 0 Å². The van der Waals surface area contributed by atoms with Crippen molar-refractivity contribution in [2.24, 2.45) is 0 Å². The van der Waals surface area contributed by atoms with Crippen LogP contribution in [0.25, 0.3) is 0 Å². The number of aliphatic hydroxyl groups excluding tert-OH is 1. The lowest BCUT2D eigenvalue weighted by atomic mass is 10.1. The van der Waals surface area contributed by atoms with Crippen LogP contribution in [0, 0.1) is 0 Å². The Morgan fingerprint density at radius 3 is 2.36 bits per heavy atom. The summed E-state index contributed by atoms with van der Waals surface area (Å²) in [6.07, 6.45) is 0.722. The van der Waals surface area contributed by atoms with Crippen molar-refractivity contribution >= 4 is 0 Å². The first-order valence-electron chi connectivity index (χ1n) is 4.39. The van der Waals surface area contributed by atoms with Gasteiger partial charge in [-0.05, 0) is 13.5 Å². The quantitative estimate of drug-likeness (QED) is 0.504. The number of likely N-dealkylation sites (N-methyl/N-ethyl adjacent to an activating group) is 1. The molecule has 3 nitrogen and oxygen atoms in total. The second-order valence-corrected chi connectivity index (χ2v) is 2.53. The minimum Gasteiger partial charge on any atom is -0.392 e. The highest BCUT2D eigenvalue weighted by Crippen LogP contribution is 2.00. The zero-order valence-electron chi connectivity index (χ0n) is 7.72. The lowest BCUT2D eigenvalue weighted by Crippen LogP contribution is -2.47. The summed E-state index contributed by atoms with van der Waals surface area (Å²) in [5.41, 5.74) is 0. The lowest BCUT2D eigenvalue weighted by molar-refractivity contribution is 0.126. The third-order valence-electron chi connectivity index (χ3n) is 1.74. The summed E-state index contributed by atoms with van der Waals surface area (Å²) in [5.74, 6) is 0. The van der Waals surface area contributed by atoms with Crippen molar-refractivity contribution in [2.45, 2.75) is 32.4 Å². The van der Waals surface area contributed by atoms with E-state index in [4.69, 9.17) is 5.11 Å². The van der Waals surface area contributed by atoms with Crippen LogP contribution in [-0.2, 0) is 0 Å². The third kappa shape index (κ3) is 4.35. The van der Waals surface area contributed by atoms with Crippen molar-refractivity contribution in [1.29, 1.82) is 0 Å². The Bertz CT molecular complexity index is 88.2. The molecule has 0 saturated carbocycles. The second kappa shape index (κ2) is 6.58. The Hall–Kier alpha value is -0.120. The van der Waals surface area contributed by atoms with Crippen LogP contribution in [0.3, 0.4) is 0 Å². The predicted molar refractivity (Wildman–Crippen MR) is 47.7 cm³/mol. The molecule has 1 saturated heterocycles. The van der Waals surface area contributed by atoms with E-state index in [9.17, 15) is 0 Å². The summed E-state index contributed by atoms with van der Waals surface area (Å²) >= 11 is 0. The highest BCUT2D eigenvalue weighted by atomic mass is 16.3. The maximum Gasteiger partial charge on any atom is 0.0679 e. The molecule has 1 rings (SSSR count). The smallest absolute Gasteiger partial charge is 0.0679 e. The molecule has 0 aliphatic carbocycles. The Morgan fingerprint density at radius 1 is 1.36 bits per heavy atom. The molecular formula is C8H20N2O. The SMILES string of the molecule is CC.CNC1CNCC(O)C1. The molecule has 11 heavy (non-hydrogen) atoms. The monoisotopic (exact) mass is 160 g/mol. The normalized spacial score (nSPS) is 30.5. The van der Waals surface area contributed by atoms with Crippen LogP contribution in [0.15, 0.2) is 0 Å². The van der Waals surface area contributed by atoms with E-state index in [0.717, 1.165) is 19.5 Å². The molecule has 0 aromatic heterocycles. The molecule has 2 unspecified atom stereocenters. The number of rotatable bonds is 1. The fraction of sp³-hybridized carbons (Fsp3) is 1.00. The third-order valence-corrected chi connectivity index (χ3v) is 1.74. The van der Waals surface area contributed by atoms with Crippen LogP contribution in [0.2, 0.25) is 0 Å². The molecule has 68 valence electrons. The van der Waals surface area contributed by atoms with Crippen molar-refractivity contribution in [3.05, 3.63) is 0 Å². The number of β-amino-alcohol motifs (C(OH)–C–C–N with tert-alkyl or cyclic N) is 1. The Balaban J connectivity index is 0.000000461. The lowest BCUT2D eigenvalue weighted by Gasteiger charge is -2.26. The van der Waals surface area contributed by atoms with Crippen LogP contribution < -0.4 is 10.6 Å². The van der Waals surface area contributed by atoms with E-state index in [1.54, 1.807) is 0 Å². The van der Waals surface area contributed by atoms with Gasteiger partial charge in [0.1, 0.15) is 0 Å². The number of piperidine rings is 1. The molecule has 1 heterocycles. The average molecular weight is 160 g/mol. The van der Waals surface area contributed by atoms with Crippen LogP contribution in [0.4, 0.5) is 0 Å². The van der Waals surface area contributed by atoms with Gasteiger partial charge in [-0.1, -0.05) is 13.8 Å². The van der Waals surface area contributed by atoms with Crippen LogP contribution in [0.1, 0.15) is 20.3 Å². The van der Waals surface area contributed by atoms with Crippen molar-refractivity contribution in [2.75, 3.05) is 20.1 Å². The summed E-state index contributed by atoms with van der Waals surface area (Å²) in [6, 6.07) is 0.453. The maximum absolute atomic E-state index is 9.11. The number of aliphatic hydroxyl groups is 1. The van der Waals surface area contributed by atoms with Gasteiger partial charge in [-0.2, -0.15) is 0 Å². The standard InChI is InChI=1S/C6H14N2O.C2H6/c1-7-5-2-6(9)4-8-3-5;1-2/h5-9H,2-4H2,1H3;1-2H3. The molecule has 2 atom stereocenters. The summed E-state index contributed by atoms with van der Waals surface area (Å²) in [7, 11) is 1.92. The van der Waals surface area contributed by atoms with Crippen LogP contribution >= 0.6 is 0 Å². The van der Waals surface area contributed by atoms with E-state index in [-0.39, 0.29) is 6.10 Å². The van der Waals surface area contributed by atoms with Crippen LogP contribution in [-0.4, -0.2) is 37.4 Å². The van der Waals surface area contributed by atoms with E-state index >= 15 is 0 Å².